The summed E-state index contributed by atoms with van der Waals surface area (Å²) in [5.74, 6) is 0. The number of nitrogens with one attached hydrogen (secondary N) is 1. The van der Waals surface area contributed by atoms with Gasteiger partial charge >= 0.3 is 0 Å². The monoisotopic (exact) mass is 304 g/mol. The highest BCUT2D eigenvalue weighted by molar-refractivity contribution is 8.00. The Labute approximate surface area is 134 Å². The molecule has 0 aliphatic carbocycles. The van der Waals surface area contributed by atoms with Crippen LogP contribution in [-0.4, -0.2) is 11.2 Å². The Bertz CT molecular complexity index is 845. The predicted octanol–water partition coefficient (Wildman–Crippen LogP) is 5.15. The number of hydrogen-bond acceptors (Lipinski definition) is 3. The van der Waals surface area contributed by atoms with Gasteiger partial charge in [0.2, 0.25) is 0 Å². The van der Waals surface area contributed by atoms with E-state index < -0.39 is 0 Å². The molecular weight excluding hydrogens is 288 g/mol. The molecule has 3 heteroatoms. The molecule has 0 aromatic heterocycles. The van der Waals surface area contributed by atoms with Crippen LogP contribution >= 0.6 is 11.8 Å². The first-order valence-electron chi connectivity index (χ1n) is 7.35. The number of hydrogen-bond donors (Lipinski definition) is 1. The van der Waals surface area contributed by atoms with Crippen molar-refractivity contribution in [3.63, 3.8) is 0 Å². The molecule has 1 N–H and O–H groups in total. The van der Waals surface area contributed by atoms with Gasteiger partial charge in [-0.25, -0.2) is 0 Å². The third-order valence-electron chi connectivity index (χ3n) is 3.88. The predicted molar refractivity (Wildman–Crippen MR) is 95.9 cm³/mol. The molecule has 22 heavy (non-hydrogen) atoms. The van der Waals surface area contributed by atoms with E-state index in [1.54, 1.807) is 11.8 Å². The highest BCUT2D eigenvalue weighted by Gasteiger charge is 2.19. The molecule has 2 nitrogen and oxygen atoms in total. The van der Waals surface area contributed by atoms with Gasteiger partial charge in [0.05, 0.1) is 5.69 Å². The maximum Gasteiger partial charge on any atom is 0.171 e. The van der Waals surface area contributed by atoms with Crippen molar-refractivity contribution in [2.45, 2.75) is 17.3 Å². The molecule has 0 amide bonds. The molecule has 0 spiro atoms. The van der Waals surface area contributed by atoms with Crippen LogP contribution in [0.5, 0.6) is 0 Å². The van der Waals surface area contributed by atoms with Gasteiger partial charge in [-0.3, -0.25) is 4.99 Å². The maximum atomic E-state index is 4.84. The zero-order valence-electron chi connectivity index (χ0n) is 12.3. The summed E-state index contributed by atoms with van der Waals surface area (Å²) in [6.07, 6.45) is 0. The summed E-state index contributed by atoms with van der Waals surface area (Å²) >= 11 is 1.76. The Morgan fingerprint density at radius 1 is 0.955 bits per heavy atom. The lowest BCUT2D eigenvalue weighted by Crippen LogP contribution is -2.10. The average molecular weight is 304 g/mol. The van der Waals surface area contributed by atoms with Gasteiger partial charge < -0.3 is 5.32 Å². The molecule has 1 heterocycles. The molecule has 1 atom stereocenters. The highest BCUT2D eigenvalue weighted by atomic mass is 32.2. The number of nitrogens with zero attached hydrogens (tertiary/aromatic N) is 1. The molecule has 1 unspecified atom stereocenters. The largest absolute Gasteiger partial charge is 0.354 e. The minimum absolute atomic E-state index is 0.0591. The summed E-state index contributed by atoms with van der Waals surface area (Å²) < 4.78 is 0. The van der Waals surface area contributed by atoms with Crippen molar-refractivity contribution in [3.05, 3.63) is 72.3 Å². The highest BCUT2D eigenvalue weighted by Crippen LogP contribution is 2.38. The van der Waals surface area contributed by atoms with Gasteiger partial charge in [-0.05, 0) is 41.5 Å². The zero-order valence-corrected chi connectivity index (χ0v) is 13.1. The molecule has 1 aliphatic heterocycles. The van der Waals surface area contributed by atoms with E-state index in [2.05, 4.69) is 79.0 Å². The van der Waals surface area contributed by atoms with E-state index in [-0.39, 0.29) is 5.50 Å². The second-order valence-corrected chi connectivity index (χ2v) is 6.51. The average Bonchev–Trinajstić information content (AvgIpc) is 2.96. The lowest BCUT2D eigenvalue weighted by atomic mass is 10.0. The molecular formula is C19H16N2S. The van der Waals surface area contributed by atoms with E-state index in [0.29, 0.717) is 0 Å². The molecule has 3 aromatic rings. The molecule has 3 aromatic carbocycles. The van der Waals surface area contributed by atoms with Crippen molar-refractivity contribution in [1.82, 2.24) is 0 Å². The molecule has 0 saturated heterocycles. The van der Waals surface area contributed by atoms with E-state index in [1.807, 2.05) is 0 Å². The Kier molecular flexibility index (Phi) is 3.35. The fraction of sp³-hybridized carbons (Fsp3) is 0.105. The van der Waals surface area contributed by atoms with Crippen LogP contribution in [0, 0.1) is 0 Å². The molecule has 0 fully saturated rings. The van der Waals surface area contributed by atoms with Gasteiger partial charge in [-0.2, -0.15) is 0 Å². The third-order valence-corrected chi connectivity index (χ3v) is 4.94. The standard InChI is InChI=1S/C19H16N2S/c1-13(15-11-10-14-6-2-3-7-16(14)12-15)20-19-21-17-8-4-5-9-18(17)22-19/h2-12,19,21H,1H3/b20-13-. The number of aliphatic imine (C=N–C) groups is 1. The van der Waals surface area contributed by atoms with Gasteiger partial charge in [0.25, 0.3) is 0 Å². The fourth-order valence-electron chi connectivity index (χ4n) is 2.69. The number of para-hydroxylation sites is 1. The summed E-state index contributed by atoms with van der Waals surface area (Å²) in [7, 11) is 0. The number of fused-ring (bicyclic) bond motifs is 2. The van der Waals surface area contributed by atoms with Crippen molar-refractivity contribution in [1.29, 1.82) is 0 Å². The van der Waals surface area contributed by atoms with E-state index in [0.717, 1.165) is 5.71 Å². The molecule has 0 saturated carbocycles. The van der Waals surface area contributed by atoms with Gasteiger partial charge in [-0.15, -0.1) is 0 Å². The Morgan fingerprint density at radius 3 is 2.59 bits per heavy atom. The summed E-state index contributed by atoms with van der Waals surface area (Å²) in [5, 5.41) is 5.97. The first kappa shape index (κ1) is 13.4. The number of benzene rings is 3. The topological polar surface area (TPSA) is 24.4 Å². The van der Waals surface area contributed by atoms with E-state index in [9.17, 15) is 0 Å². The first-order chi connectivity index (χ1) is 10.8. The van der Waals surface area contributed by atoms with Crippen LogP contribution in [0.15, 0.2) is 76.6 Å². The van der Waals surface area contributed by atoms with Crippen molar-refractivity contribution < 1.29 is 0 Å². The fourth-order valence-corrected chi connectivity index (χ4v) is 3.74. The summed E-state index contributed by atoms with van der Waals surface area (Å²) in [6.45, 7) is 2.08. The second kappa shape index (κ2) is 5.50. The summed E-state index contributed by atoms with van der Waals surface area (Å²) in [4.78, 5) is 6.10. The Balaban J connectivity index is 1.62. The van der Waals surface area contributed by atoms with E-state index >= 15 is 0 Å². The lowest BCUT2D eigenvalue weighted by molar-refractivity contribution is 1.07. The van der Waals surface area contributed by atoms with Gasteiger partial charge in [0.1, 0.15) is 0 Å². The Hall–Kier alpha value is -2.26. The van der Waals surface area contributed by atoms with Crippen molar-refractivity contribution in [2.24, 2.45) is 4.99 Å². The maximum absolute atomic E-state index is 4.84. The van der Waals surface area contributed by atoms with Gasteiger partial charge in [0.15, 0.2) is 5.50 Å². The number of rotatable bonds is 2. The summed E-state index contributed by atoms with van der Waals surface area (Å²) in [6, 6.07) is 23.3. The van der Waals surface area contributed by atoms with Crippen LogP contribution in [0.4, 0.5) is 5.69 Å². The van der Waals surface area contributed by atoms with Crippen molar-refractivity contribution >= 4 is 33.9 Å². The zero-order chi connectivity index (χ0) is 14.9. The normalized spacial score (nSPS) is 17.3. The smallest absolute Gasteiger partial charge is 0.171 e. The van der Waals surface area contributed by atoms with Gasteiger partial charge in [-0.1, -0.05) is 60.3 Å². The summed E-state index contributed by atoms with van der Waals surface area (Å²) in [5.41, 5.74) is 3.47. The van der Waals surface area contributed by atoms with Crippen LogP contribution in [0.1, 0.15) is 12.5 Å². The quantitative estimate of drug-likeness (QED) is 0.662. The van der Waals surface area contributed by atoms with Crippen LogP contribution in [0.2, 0.25) is 0 Å². The molecule has 1 aliphatic rings. The molecule has 0 radical (unpaired) electrons. The van der Waals surface area contributed by atoms with Crippen molar-refractivity contribution in [2.75, 3.05) is 5.32 Å². The molecule has 108 valence electrons. The minimum atomic E-state index is 0.0591. The van der Waals surface area contributed by atoms with Crippen molar-refractivity contribution in [3.8, 4) is 0 Å². The van der Waals surface area contributed by atoms with E-state index in [4.69, 9.17) is 4.99 Å². The Morgan fingerprint density at radius 2 is 1.73 bits per heavy atom. The minimum Gasteiger partial charge on any atom is -0.354 e. The lowest BCUT2D eigenvalue weighted by Gasteiger charge is -2.08. The first-order valence-corrected chi connectivity index (χ1v) is 8.23. The van der Waals surface area contributed by atoms with Crippen LogP contribution in [0.25, 0.3) is 10.8 Å². The second-order valence-electron chi connectivity index (χ2n) is 5.39. The van der Waals surface area contributed by atoms with Crippen LogP contribution in [-0.2, 0) is 0 Å². The van der Waals surface area contributed by atoms with E-state index in [1.165, 1.54) is 26.9 Å². The van der Waals surface area contributed by atoms with Crippen LogP contribution in [0.3, 0.4) is 0 Å². The number of anilines is 1. The van der Waals surface area contributed by atoms with Crippen LogP contribution < -0.4 is 5.32 Å². The molecule has 0 bridgehead atoms. The van der Waals surface area contributed by atoms with Gasteiger partial charge in [0, 0.05) is 10.6 Å². The molecule has 4 rings (SSSR count). The SMILES string of the molecule is C/C(=N/C1Nc2ccccc2S1)c1ccc2ccccc2c1. The number of thioether (sulfide) groups is 1. The third kappa shape index (κ3) is 2.48.